The number of carbonyl (C=O) groups is 2. The van der Waals surface area contributed by atoms with E-state index in [0.717, 1.165) is 32.8 Å². The number of anilines is 1. The highest BCUT2D eigenvalue weighted by Gasteiger charge is 2.33. The third-order valence-electron chi connectivity index (χ3n) is 6.04. The highest BCUT2D eigenvalue weighted by molar-refractivity contribution is 7.92. The van der Waals surface area contributed by atoms with Gasteiger partial charge in [0.2, 0.25) is 21.8 Å². The summed E-state index contributed by atoms with van der Waals surface area (Å²) in [4.78, 5) is 28.8. The fourth-order valence-electron chi connectivity index (χ4n) is 4.39. The third-order valence-corrected chi connectivity index (χ3v) is 7.41. The van der Waals surface area contributed by atoms with Gasteiger partial charge in [0.1, 0.15) is 12.6 Å². The number of benzene rings is 3. The molecule has 1 atom stereocenters. The maximum absolute atomic E-state index is 14.0. The Morgan fingerprint density at radius 3 is 2.13 bits per heavy atom. The first kappa shape index (κ1) is 29.2. The number of sulfonamides is 1. The summed E-state index contributed by atoms with van der Waals surface area (Å²) in [6.45, 7) is 5.57. The van der Waals surface area contributed by atoms with E-state index in [9.17, 15) is 18.0 Å². The Kier molecular flexibility index (Phi) is 9.94. The van der Waals surface area contributed by atoms with Crippen molar-refractivity contribution in [3.05, 3.63) is 100 Å². The van der Waals surface area contributed by atoms with Gasteiger partial charge in [0.15, 0.2) is 0 Å². The molecule has 0 aliphatic rings. The lowest BCUT2D eigenvalue weighted by molar-refractivity contribution is -0.140. The summed E-state index contributed by atoms with van der Waals surface area (Å²) in [6, 6.07) is 21.0. The number of halogens is 1. The van der Waals surface area contributed by atoms with Crippen LogP contribution >= 0.6 is 11.6 Å². The van der Waals surface area contributed by atoms with Crippen LogP contribution in [0.15, 0.2) is 72.8 Å². The van der Waals surface area contributed by atoms with E-state index >= 15 is 0 Å². The predicted octanol–water partition coefficient (Wildman–Crippen LogP) is 4.50. The minimum atomic E-state index is -3.81. The Morgan fingerprint density at radius 2 is 1.55 bits per heavy atom. The normalized spacial score (nSPS) is 12.0. The van der Waals surface area contributed by atoms with Gasteiger partial charge in [-0.05, 0) is 67.3 Å². The van der Waals surface area contributed by atoms with Crippen LogP contribution in [0.25, 0.3) is 0 Å². The molecule has 0 saturated heterocycles. The smallest absolute Gasteiger partial charge is 0.244 e. The Labute approximate surface area is 230 Å². The molecule has 2 amide bonds. The van der Waals surface area contributed by atoms with Gasteiger partial charge in [0.05, 0.1) is 11.9 Å². The molecule has 0 fully saturated rings. The molecule has 202 valence electrons. The van der Waals surface area contributed by atoms with Crippen LogP contribution in [0.4, 0.5) is 5.69 Å². The summed E-state index contributed by atoms with van der Waals surface area (Å²) >= 11 is 6.21. The molecular weight excluding hydrogens is 522 g/mol. The lowest BCUT2D eigenvalue weighted by Crippen LogP contribution is -2.53. The fourth-order valence-corrected chi connectivity index (χ4v) is 5.43. The zero-order valence-electron chi connectivity index (χ0n) is 22.1. The summed E-state index contributed by atoms with van der Waals surface area (Å²) in [5.74, 6) is -0.814. The molecule has 0 aliphatic heterocycles. The zero-order chi connectivity index (χ0) is 27.9. The largest absolute Gasteiger partial charge is 0.355 e. The van der Waals surface area contributed by atoms with E-state index < -0.39 is 28.5 Å². The van der Waals surface area contributed by atoms with Gasteiger partial charge in [-0.2, -0.15) is 0 Å². The molecule has 9 heteroatoms. The molecule has 0 heterocycles. The Bertz CT molecular complexity index is 1360. The van der Waals surface area contributed by atoms with E-state index in [1.54, 1.807) is 30.3 Å². The average Bonchev–Trinajstić information content (AvgIpc) is 2.84. The summed E-state index contributed by atoms with van der Waals surface area (Å²) < 4.78 is 26.8. The van der Waals surface area contributed by atoms with Crippen molar-refractivity contribution in [2.24, 2.45) is 0 Å². The van der Waals surface area contributed by atoms with Crippen LogP contribution in [0.1, 0.15) is 29.2 Å². The second-order valence-corrected chi connectivity index (χ2v) is 11.7. The molecule has 3 aromatic carbocycles. The lowest BCUT2D eigenvalue weighted by atomic mass is 10.0. The van der Waals surface area contributed by atoms with Gasteiger partial charge in [0.25, 0.3) is 0 Å². The first-order valence-electron chi connectivity index (χ1n) is 12.4. The molecule has 0 spiro atoms. The van der Waals surface area contributed by atoms with Gasteiger partial charge in [-0.25, -0.2) is 8.42 Å². The molecule has 0 aliphatic carbocycles. The monoisotopic (exact) mass is 555 g/mol. The molecule has 7 nitrogen and oxygen atoms in total. The topological polar surface area (TPSA) is 86.8 Å². The SMILES string of the molecule is CCNC(=O)[C@H](Cc1ccccc1)N(Cc1cccc(Cl)c1)C(=O)CN(c1cc(C)cc(C)c1)S(C)(=O)=O. The fraction of sp³-hybridized carbons (Fsp3) is 0.310. The van der Waals surface area contributed by atoms with Crippen LogP contribution in [-0.2, 0) is 32.6 Å². The van der Waals surface area contributed by atoms with Crippen molar-refractivity contribution in [2.45, 2.75) is 39.8 Å². The zero-order valence-corrected chi connectivity index (χ0v) is 23.7. The molecule has 0 radical (unpaired) electrons. The van der Waals surface area contributed by atoms with Gasteiger partial charge in [-0.3, -0.25) is 13.9 Å². The van der Waals surface area contributed by atoms with Gasteiger partial charge >= 0.3 is 0 Å². The number of hydrogen-bond acceptors (Lipinski definition) is 4. The minimum Gasteiger partial charge on any atom is -0.355 e. The molecule has 38 heavy (non-hydrogen) atoms. The summed E-state index contributed by atoms with van der Waals surface area (Å²) in [5.41, 5.74) is 3.76. The van der Waals surface area contributed by atoms with Crippen molar-refractivity contribution in [1.29, 1.82) is 0 Å². The highest BCUT2D eigenvalue weighted by Crippen LogP contribution is 2.23. The van der Waals surface area contributed by atoms with Crippen molar-refractivity contribution in [3.63, 3.8) is 0 Å². The lowest BCUT2D eigenvalue weighted by Gasteiger charge is -2.33. The number of carbonyl (C=O) groups excluding carboxylic acids is 2. The molecule has 0 unspecified atom stereocenters. The second kappa shape index (κ2) is 12.9. The number of nitrogens with one attached hydrogen (secondary N) is 1. The van der Waals surface area contributed by atoms with E-state index in [4.69, 9.17) is 11.6 Å². The molecule has 1 N–H and O–H groups in total. The van der Waals surface area contributed by atoms with Gasteiger partial charge in [-0.1, -0.05) is 60.1 Å². The summed E-state index contributed by atoms with van der Waals surface area (Å²) in [6.07, 6.45) is 1.34. The number of nitrogens with zero attached hydrogens (tertiary/aromatic N) is 2. The van der Waals surface area contributed by atoms with E-state index in [1.165, 1.54) is 4.90 Å². The quantitative estimate of drug-likeness (QED) is 0.377. The number of hydrogen-bond donors (Lipinski definition) is 1. The number of aryl methyl sites for hydroxylation is 2. The summed E-state index contributed by atoms with van der Waals surface area (Å²) in [5, 5.41) is 3.34. The van der Waals surface area contributed by atoms with Crippen LogP contribution in [0, 0.1) is 13.8 Å². The van der Waals surface area contributed by atoms with Gasteiger partial charge in [-0.15, -0.1) is 0 Å². The van der Waals surface area contributed by atoms with Crippen molar-refractivity contribution in [1.82, 2.24) is 10.2 Å². The molecule has 0 bridgehead atoms. The maximum Gasteiger partial charge on any atom is 0.244 e. The van der Waals surface area contributed by atoms with E-state index in [0.29, 0.717) is 17.3 Å². The molecule has 0 saturated carbocycles. The Hall–Kier alpha value is -3.36. The number of rotatable bonds is 11. The first-order valence-corrected chi connectivity index (χ1v) is 14.6. The van der Waals surface area contributed by atoms with E-state index in [2.05, 4.69) is 5.32 Å². The van der Waals surface area contributed by atoms with E-state index in [1.807, 2.05) is 63.2 Å². The standard InChI is InChI=1S/C29H34ClN3O4S/c1-5-31-29(35)27(18-23-10-7-6-8-11-23)32(19-24-12-9-13-25(30)17-24)28(34)20-33(38(4,36)37)26-15-21(2)14-22(3)16-26/h6-17,27H,5,18-20H2,1-4H3,(H,31,35)/t27-/m0/s1. The van der Waals surface area contributed by atoms with Crippen molar-refractivity contribution in [3.8, 4) is 0 Å². The summed E-state index contributed by atoms with van der Waals surface area (Å²) in [7, 11) is -3.81. The molecule has 3 aromatic rings. The van der Waals surface area contributed by atoms with Gasteiger partial charge in [0, 0.05) is 24.5 Å². The first-order chi connectivity index (χ1) is 18.0. The van der Waals surface area contributed by atoms with Crippen LogP contribution in [-0.4, -0.2) is 50.5 Å². The highest BCUT2D eigenvalue weighted by atomic mass is 35.5. The molecule has 3 rings (SSSR count). The van der Waals surface area contributed by atoms with Gasteiger partial charge < -0.3 is 10.2 Å². The average molecular weight is 556 g/mol. The van der Waals surface area contributed by atoms with Crippen molar-refractivity contribution >= 4 is 39.1 Å². The number of amides is 2. The van der Waals surface area contributed by atoms with E-state index in [-0.39, 0.29) is 18.9 Å². The van der Waals surface area contributed by atoms with Crippen molar-refractivity contribution < 1.29 is 18.0 Å². The third kappa shape index (κ3) is 8.07. The predicted molar refractivity (Wildman–Crippen MR) is 153 cm³/mol. The minimum absolute atomic E-state index is 0.0818. The second-order valence-electron chi connectivity index (χ2n) is 9.37. The Morgan fingerprint density at radius 1 is 0.921 bits per heavy atom. The maximum atomic E-state index is 14.0. The molecular formula is C29H34ClN3O4S. The number of likely N-dealkylation sites (N-methyl/N-ethyl adjacent to an activating group) is 1. The van der Waals surface area contributed by atoms with Crippen molar-refractivity contribution in [2.75, 3.05) is 23.7 Å². The van der Waals surface area contributed by atoms with Crippen LogP contribution in [0.2, 0.25) is 5.02 Å². The van der Waals surface area contributed by atoms with Crippen LogP contribution < -0.4 is 9.62 Å². The Balaban J connectivity index is 2.06. The van der Waals surface area contributed by atoms with Crippen LogP contribution in [0.5, 0.6) is 0 Å². The molecule has 0 aromatic heterocycles. The van der Waals surface area contributed by atoms with Crippen LogP contribution in [0.3, 0.4) is 0 Å².